The highest BCUT2D eigenvalue weighted by Crippen LogP contribution is 2.44. The molecule has 0 spiro atoms. The van der Waals surface area contributed by atoms with Gasteiger partial charge in [0.15, 0.2) is 0 Å². The van der Waals surface area contributed by atoms with E-state index in [9.17, 15) is 14.7 Å². The van der Waals surface area contributed by atoms with Crippen molar-refractivity contribution in [2.24, 2.45) is 11.3 Å². The van der Waals surface area contributed by atoms with E-state index in [0.29, 0.717) is 25.3 Å². The van der Waals surface area contributed by atoms with Gasteiger partial charge in [0.05, 0.1) is 0 Å². The fourth-order valence-corrected chi connectivity index (χ4v) is 3.33. The monoisotopic (exact) mass is 267 g/mol. The third-order valence-corrected chi connectivity index (χ3v) is 4.61. The van der Waals surface area contributed by atoms with E-state index in [1.165, 1.54) is 0 Å². The average Bonchev–Trinajstić information content (AvgIpc) is 2.76. The van der Waals surface area contributed by atoms with Gasteiger partial charge in [-0.2, -0.15) is 0 Å². The van der Waals surface area contributed by atoms with Crippen LogP contribution in [-0.4, -0.2) is 34.5 Å². The van der Waals surface area contributed by atoms with Crippen LogP contribution < -0.4 is 0 Å². The number of rotatable bonds is 5. The third-order valence-electron chi connectivity index (χ3n) is 4.61. The molecule has 0 radical (unpaired) electrons. The summed E-state index contributed by atoms with van der Waals surface area (Å²) >= 11 is 0. The SMILES string of the molecule is CC(C)CN(C(=O)C1(C(=O)O)CCC1)C1CCCC1. The molecule has 0 aromatic heterocycles. The number of carboxylic acids is 1. The Labute approximate surface area is 115 Å². The van der Waals surface area contributed by atoms with Crippen molar-refractivity contribution in [1.29, 1.82) is 0 Å². The van der Waals surface area contributed by atoms with E-state index in [-0.39, 0.29) is 11.9 Å². The van der Waals surface area contributed by atoms with Crippen LogP contribution in [0.2, 0.25) is 0 Å². The molecule has 1 amide bonds. The molecule has 2 fully saturated rings. The number of hydrogen-bond donors (Lipinski definition) is 1. The molecular weight excluding hydrogens is 242 g/mol. The summed E-state index contributed by atoms with van der Waals surface area (Å²) in [5.41, 5.74) is -1.10. The van der Waals surface area contributed by atoms with E-state index in [2.05, 4.69) is 13.8 Å². The maximum Gasteiger partial charge on any atom is 0.319 e. The van der Waals surface area contributed by atoms with Crippen LogP contribution in [0.25, 0.3) is 0 Å². The van der Waals surface area contributed by atoms with Crippen LogP contribution in [0.5, 0.6) is 0 Å². The third kappa shape index (κ3) is 2.63. The van der Waals surface area contributed by atoms with Crippen molar-refractivity contribution in [3.8, 4) is 0 Å². The van der Waals surface area contributed by atoms with Gasteiger partial charge in [-0.05, 0) is 31.6 Å². The van der Waals surface area contributed by atoms with Crippen molar-refractivity contribution in [3.63, 3.8) is 0 Å². The van der Waals surface area contributed by atoms with Gasteiger partial charge in [-0.15, -0.1) is 0 Å². The van der Waals surface area contributed by atoms with E-state index < -0.39 is 11.4 Å². The molecule has 4 heteroatoms. The lowest BCUT2D eigenvalue weighted by Gasteiger charge is -2.42. The Morgan fingerprint density at radius 1 is 1.21 bits per heavy atom. The van der Waals surface area contributed by atoms with Crippen molar-refractivity contribution in [3.05, 3.63) is 0 Å². The fraction of sp³-hybridized carbons (Fsp3) is 0.867. The second-order valence-electron chi connectivity index (χ2n) is 6.53. The Morgan fingerprint density at radius 2 is 1.79 bits per heavy atom. The Kier molecular flexibility index (Phi) is 4.16. The summed E-state index contributed by atoms with van der Waals surface area (Å²) in [5, 5.41) is 9.43. The number of aliphatic carboxylic acids is 1. The van der Waals surface area contributed by atoms with E-state index in [1.807, 2.05) is 4.90 Å². The first-order valence-corrected chi connectivity index (χ1v) is 7.52. The zero-order chi connectivity index (χ0) is 14.0. The predicted molar refractivity (Wildman–Crippen MR) is 72.7 cm³/mol. The second-order valence-corrected chi connectivity index (χ2v) is 6.53. The molecule has 1 N–H and O–H groups in total. The summed E-state index contributed by atoms with van der Waals surface area (Å²) < 4.78 is 0. The molecule has 2 saturated carbocycles. The normalized spacial score (nSPS) is 22.3. The molecule has 0 aromatic rings. The molecule has 4 nitrogen and oxygen atoms in total. The van der Waals surface area contributed by atoms with Crippen LogP contribution >= 0.6 is 0 Å². The van der Waals surface area contributed by atoms with Crippen LogP contribution in [0.4, 0.5) is 0 Å². The van der Waals surface area contributed by atoms with E-state index in [4.69, 9.17) is 0 Å². The van der Waals surface area contributed by atoms with Crippen molar-refractivity contribution in [2.45, 2.75) is 64.8 Å². The van der Waals surface area contributed by atoms with Crippen LogP contribution in [0.15, 0.2) is 0 Å². The lowest BCUT2D eigenvalue weighted by atomic mass is 9.67. The molecule has 19 heavy (non-hydrogen) atoms. The number of hydrogen-bond acceptors (Lipinski definition) is 2. The van der Waals surface area contributed by atoms with E-state index >= 15 is 0 Å². The number of carbonyl (C=O) groups is 2. The first-order chi connectivity index (χ1) is 8.97. The summed E-state index contributed by atoms with van der Waals surface area (Å²) in [6.45, 7) is 4.87. The number of amides is 1. The van der Waals surface area contributed by atoms with Crippen LogP contribution in [0, 0.1) is 11.3 Å². The molecule has 0 saturated heterocycles. The molecule has 0 atom stereocenters. The van der Waals surface area contributed by atoms with Gasteiger partial charge in [-0.3, -0.25) is 9.59 Å². The standard InChI is InChI=1S/C15H25NO3/c1-11(2)10-16(12-6-3-4-7-12)13(17)15(14(18)19)8-5-9-15/h11-12H,3-10H2,1-2H3,(H,18,19). The Morgan fingerprint density at radius 3 is 2.16 bits per heavy atom. The van der Waals surface area contributed by atoms with Crippen LogP contribution in [0.3, 0.4) is 0 Å². The molecule has 108 valence electrons. The fourth-order valence-electron chi connectivity index (χ4n) is 3.33. The van der Waals surface area contributed by atoms with Gasteiger partial charge in [-0.25, -0.2) is 0 Å². The molecule has 2 aliphatic carbocycles. The summed E-state index contributed by atoms with van der Waals surface area (Å²) in [4.78, 5) is 26.2. The lowest BCUT2D eigenvalue weighted by Crippen LogP contribution is -2.55. The van der Waals surface area contributed by atoms with E-state index in [0.717, 1.165) is 32.1 Å². The number of carboxylic acid groups (broad SMARTS) is 1. The maximum absolute atomic E-state index is 12.8. The van der Waals surface area contributed by atoms with Crippen molar-refractivity contribution in [1.82, 2.24) is 4.90 Å². The minimum absolute atomic E-state index is 0.119. The lowest BCUT2D eigenvalue weighted by molar-refractivity contribution is -0.169. The topological polar surface area (TPSA) is 57.6 Å². The highest BCUT2D eigenvalue weighted by Gasteiger charge is 2.53. The van der Waals surface area contributed by atoms with E-state index in [1.54, 1.807) is 0 Å². The molecule has 0 aliphatic heterocycles. The maximum atomic E-state index is 12.8. The summed E-state index contributed by atoms with van der Waals surface area (Å²) in [6, 6.07) is 0.270. The summed E-state index contributed by atoms with van der Waals surface area (Å²) in [7, 11) is 0. The van der Waals surface area contributed by atoms with Crippen LogP contribution in [0.1, 0.15) is 58.8 Å². The average molecular weight is 267 g/mol. The highest BCUT2D eigenvalue weighted by atomic mass is 16.4. The van der Waals surface area contributed by atoms with Crippen molar-refractivity contribution < 1.29 is 14.7 Å². The molecule has 0 unspecified atom stereocenters. The molecular formula is C15H25NO3. The minimum Gasteiger partial charge on any atom is -0.480 e. The molecule has 0 bridgehead atoms. The number of nitrogens with zero attached hydrogens (tertiary/aromatic N) is 1. The van der Waals surface area contributed by atoms with Gasteiger partial charge in [0, 0.05) is 12.6 Å². The first kappa shape index (κ1) is 14.4. The summed E-state index contributed by atoms with van der Waals surface area (Å²) in [5.74, 6) is -0.655. The summed E-state index contributed by atoms with van der Waals surface area (Å²) in [6.07, 6.45) is 6.28. The van der Waals surface area contributed by atoms with Gasteiger partial charge >= 0.3 is 5.97 Å². The van der Waals surface area contributed by atoms with Crippen molar-refractivity contribution in [2.75, 3.05) is 6.54 Å². The largest absolute Gasteiger partial charge is 0.480 e. The smallest absolute Gasteiger partial charge is 0.319 e. The van der Waals surface area contributed by atoms with Gasteiger partial charge in [0.25, 0.3) is 0 Å². The Hall–Kier alpha value is -1.06. The molecule has 0 heterocycles. The minimum atomic E-state index is -1.10. The molecule has 2 rings (SSSR count). The van der Waals surface area contributed by atoms with Crippen molar-refractivity contribution >= 4 is 11.9 Å². The molecule has 0 aromatic carbocycles. The van der Waals surface area contributed by atoms with Gasteiger partial charge in [-0.1, -0.05) is 33.1 Å². The van der Waals surface area contributed by atoms with Gasteiger partial charge in [0.2, 0.25) is 5.91 Å². The van der Waals surface area contributed by atoms with Crippen LogP contribution in [-0.2, 0) is 9.59 Å². The molecule has 2 aliphatic rings. The second kappa shape index (κ2) is 5.51. The number of carbonyl (C=O) groups excluding carboxylic acids is 1. The Balaban J connectivity index is 2.16. The zero-order valence-corrected chi connectivity index (χ0v) is 12.0. The zero-order valence-electron chi connectivity index (χ0n) is 12.0. The van der Waals surface area contributed by atoms with Gasteiger partial charge in [0.1, 0.15) is 5.41 Å². The predicted octanol–water partition coefficient (Wildman–Crippen LogP) is 2.67. The first-order valence-electron chi connectivity index (χ1n) is 7.52. The van der Waals surface area contributed by atoms with Gasteiger partial charge < -0.3 is 10.0 Å². The quantitative estimate of drug-likeness (QED) is 0.779. The highest BCUT2D eigenvalue weighted by molar-refractivity contribution is 6.03. The Bertz CT molecular complexity index is 354.